The Balaban J connectivity index is 2.47. The fourth-order valence-electron chi connectivity index (χ4n) is 1.38. The number of hydrogen-bond acceptors (Lipinski definition) is 2. The number of amides is 1. The summed E-state index contributed by atoms with van der Waals surface area (Å²) in [6, 6.07) is 7.84. The maximum Gasteiger partial charge on any atom is 0.238 e. The van der Waals surface area contributed by atoms with Crippen molar-refractivity contribution in [2.24, 2.45) is 5.41 Å². The quantitative estimate of drug-likeness (QED) is 0.769. The van der Waals surface area contributed by atoms with Gasteiger partial charge in [-0.2, -0.15) is 0 Å². The maximum absolute atomic E-state index is 11.6. The maximum atomic E-state index is 11.6. The number of nitrogens with one attached hydrogen (secondary N) is 2. The van der Waals surface area contributed by atoms with Crippen LogP contribution in [-0.4, -0.2) is 5.91 Å². The molecule has 0 saturated carbocycles. The zero-order valence-corrected chi connectivity index (χ0v) is 10.4. The molecule has 1 aromatic rings. The Morgan fingerprint density at radius 2 is 1.88 bits per heavy atom. The number of para-hydroxylation sites is 1. The first-order chi connectivity index (χ1) is 7.38. The summed E-state index contributed by atoms with van der Waals surface area (Å²) < 4.78 is 0. The van der Waals surface area contributed by atoms with Crippen LogP contribution in [-0.2, 0) is 4.79 Å². The predicted molar refractivity (Wildman–Crippen MR) is 67.0 cm³/mol. The van der Waals surface area contributed by atoms with Crippen LogP contribution in [0.5, 0.6) is 0 Å². The van der Waals surface area contributed by atoms with Gasteiger partial charge in [0.25, 0.3) is 0 Å². The molecule has 0 aliphatic rings. The van der Waals surface area contributed by atoms with E-state index in [1.54, 1.807) is 0 Å². The standard InChI is InChI=1S/C13H20N2O/c1-10-7-5-6-8-11(10)14-15-12(16)9-13(2,3)4/h5-8,14H,9H2,1-4H3,(H,15,16). The lowest BCUT2D eigenvalue weighted by molar-refractivity contribution is -0.122. The van der Waals surface area contributed by atoms with Gasteiger partial charge in [-0.25, -0.2) is 0 Å². The van der Waals surface area contributed by atoms with E-state index in [0.29, 0.717) is 6.42 Å². The molecule has 0 fully saturated rings. The van der Waals surface area contributed by atoms with Gasteiger partial charge in [0.2, 0.25) is 5.91 Å². The molecular formula is C13H20N2O. The molecule has 0 aliphatic heterocycles. The van der Waals surface area contributed by atoms with E-state index in [-0.39, 0.29) is 11.3 Å². The highest BCUT2D eigenvalue weighted by Crippen LogP contribution is 2.18. The highest BCUT2D eigenvalue weighted by Gasteiger charge is 2.15. The van der Waals surface area contributed by atoms with Crippen LogP contribution in [0, 0.1) is 12.3 Å². The molecule has 0 spiro atoms. The number of aryl methyl sites for hydroxylation is 1. The normalized spacial score (nSPS) is 11.0. The van der Waals surface area contributed by atoms with Crippen molar-refractivity contribution in [2.75, 3.05) is 5.43 Å². The molecule has 3 nitrogen and oxygen atoms in total. The Morgan fingerprint density at radius 1 is 1.25 bits per heavy atom. The van der Waals surface area contributed by atoms with E-state index >= 15 is 0 Å². The number of benzene rings is 1. The number of anilines is 1. The fraction of sp³-hybridized carbons (Fsp3) is 0.462. The topological polar surface area (TPSA) is 41.1 Å². The lowest BCUT2D eigenvalue weighted by atomic mass is 9.92. The third-order valence-corrected chi connectivity index (χ3v) is 2.17. The van der Waals surface area contributed by atoms with Crippen molar-refractivity contribution in [3.63, 3.8) is 0 Å². The van der Waals surface area contributed by atoms with Crippen LogP contribution in [0.4, 0.5) is 5.69 Å². The van der Waals surface area contributed by atoms with Gasteiger partial charge in [-0.3, -0.25) is 15.6 Å². The molecule has 88 valence electrons. The zero-order valence-electron chi connectivity index (χ0n) is 10.4. The van der Waals surface area contributed by atoms with E-state index in [2.05, 4.69) is 10.9 Å². The average Bonchev–Trinajstić information content (AvgIpc) is 2.14. The zero-order chi connectivity index (χ0) is 12.2. The molecule has 1 rings (SSSR count). The average molecular weight is 220 g/mol. The third kappa shape index (κ3) is 4.34. The SMILES string of the molecule is Cc1ccccc1NNC(=O)CC(C)(C)C. The summed E-state index contributed by atoms with van der Waals surface area (Å²) in [7, 11) is 0. The van der Waals surface area contributed by atoms with Crippen LogP contribution in [0.1, 0.15) is 32.8 Å². The van der Waals surface area contributed by atoms with Crippen LogP contribution in [0.25, 0.3) is 0 Å². The number of carbonyl (C=O) groups is 1. The van der Waals surface area contributed by atoms with Gasteiger partial charge in [0.1, 0.15) is 0 Å². The van der Waals surface area contributed by atoms with Crippen molar-refractivity contribution in [1.82, 2.24) is 5.43 Å². The predicted octanol–water partition coefficient (Wildman–Crippen LogP) is 2.87. The minimum atomic E-state index is 0.00996. The summed E-state index contributed by atoms with van der Waals surface area (Å²) in [4.78, 5) is 11.6. The first-order valence-electron chi connectivity index (χ1n) is 5.49. The molecule has 0 aromatic heterocycles. The molecule has 0 unspecified atom stereocenters. The van der Waals surface area contributed by atoms with Crippen molar-refractivity contribution < 1.29 is 4.79 Å². The van der Waals surface area contributed by atoms with Gasteiger partial charge in [-0.05, 0) is 24.0 Å². The van der Waals surface area contributed by atoms with Gasteiger partial charge in [0, 0.05) is 6.42 Å². The summed E-state index contributed by atoms with van der Waals surface area (Å²) >= 11 is 0. The first kappa shape index (κ1) is 12.6. The molecule has 0 aliphatic carbocycles. The molecule has 1 aromatic carbocycles. The Morgan fingerprint density at radius 3 is 2.44 bits per heavy atom. The largest absolute Gasteiger partial charge is 0.298 e. The summed E-state index contributed by atoms with van der Waals surface area (Å²) in [6.45, 7) is 8.12. The van der Waals surface area contributed by atoms with Gasteiger partial charge in [-0.1, -0.05) is 39.0 Å². The molecule has 0 heterocycles. The molecule has 1 amide bonds. The second kappa shape index (κ2) is 5.01. The minimum absolute atomic E-state index is 0.00996. The molecule has 3 heteroatoms. The number of hydrogen-bond donors (Lipinski definition) is 2. The molecule has 0 bridgehead atoms. The summed E-state index contributed by atoms with van der Waals surface area (Å²) in [5, 5.41) is 0. The minimum Gasteiger partial charge on any atom is -0.298 e. The third-order valence-electron chi connectivity index (χ3n) is 2.17. The summed E-state index contributed by atoms with van der Waals surface area (Å²) in [6.07, 6.45) is 0.506. The Bertz CT molecular complexity index is 366. The molecule has 0 atom stereocenters. The van der Waals surface area contributed by atoms with E-state index in [1.165, 1.54) is 0 Å². The lowest BCUT2D eigenvalue weighted by Crippen LogP contribution is -2.32. The molecule has 0 saturated heterocycles. The smallest absolute Gasteiger partial charge is 0.238 e. The van der Waals surface area contributed by atoms with Gasteiger partial charge in [-0.15, -0.1) is 0 Å². The van der Waals surface area contributed by atoms with Crippen LogP contribution in [0.15, 0.2) is 24.3 Å². The highest BCUT2D eigenvalue weighted by molar-refractivity contribution is 5.78. The van der Waals surface area contributed by atoms with Gasteiger partial charge >= 0.3 is 0 Å². The van der Waals surface area contributed by atoms with Crippen molar-refractivity contribution in [1.29, 1.82) is 0 Å². The Hall–Kier alpha value is -1.51. The number of hydrazine groups is 1. The molecule has 16 heavy (non-hydrogen) atoms. The summed E-state index contributed by atoms with van der Waals surface area (Å²) in [5.74, 6) is 0.00996. The van der Waals surface area contributed by atoms with Crippen molar-refractivity contribution in [2.45, 2.75) is 34.1 Å². The van der Waals surface area contributed by atoms with Crippen molar-refractivity contribution >= 4 is 11.6 Å². The monoisotopic (exact) mass is 220 g/mol. The first-order valence-corrected chi connectivity index (χ1v) is 5.49. The van der Waals surface area contributed by atoms with E-state index in [9.17, 15) is 4.79 Å². The second-order valence-electron chi connectivity index (χ2n) is 5.23. The lowest BCUT2D eigenvalue weighted by Gasteiger charge is -2.18. The van der Waals surface area contributed by atoms with E-state index in [4.69, 9.17) is 0 Å². The van der Waals surface area contributed by atoms with Crippen molar-refractivity contribution in [3.8, 4) is 0 Å². The number of rotatable bonds is 3. The van der Waals surface area contributed by atoms with Gasteiger partial charge in [0.05, 0.1) is 5.69 Å². The van der Waals surface area contributed by atoms with E-state index in [1.807, 2.05) is 52.0 Å². The van der Waals surface area contributed by atoms with Crippen LogP contribution in [0.3, 0.4) is 0 Å². The van der Waals surface area contributed by atoms with Gasteiger partial charge < -0.3 is 0 Å². The van der Waals surface area contributed by atoms with E-state index in [0.717, 1.165) is 11.3 Å². The Labute approximate surface area is 97.2 Å². The molecular weight excluding hydrogens is 200 g/mol. The highest BCUT2D eigenvalue weighted by atomic mass is 16.2. The fourth-order valence-corrected chi connectivity index (χ4v) is 1.38. The van der Waals surface area contributed by atoms with E-state index < -0.39 is 0 Å². The second-order valence-corrected chi connectivity index (χ2v) is 5.23. The van der Waals surface area contributed by atoms with Crippen molar-refractivity contribution in [3.05, 3.63) is 29.8 Å². The summed E-state index contributed by atoms with van der Waals surface area (Å²) in [5.41, 5.74) is 7.70. The van der Waals surface area contributed by atoms with Gasteiger partial charge in [0.15, 0.2) is 0 Å². The van der Waals surface area contributed by atoms with Crippen LogP contribution in [0.2, 0.25) is 0 Å². The van der Waals surface area contributed by atoms with Crippen LogP contribution < -0.4 is 10.9 Å². The van der Waals surface area contributed by atoms with Crippen LogP contribution >= 0.6 is 0 Å². The molecule has 2 N–H and O–H groups in total. The molecule has 0 radical (unpaired) electrons. The number of carbonyl (C=O) groups excluding carboxylic acids is 1. The Kier molecular flexibility index (Phi) is 3.93.